The van der Waals surface area contributed by atoms with Crippen molar-refractivity contribution in [2.45, 2.75) is 20.0 Å². The van der Waals surface area contributed by atoms with Crippen molar-refractivity contribution in [1.29, 1.82) is 0 Å². The number of aromatic amines is 1. The summed E-state index contributed by atoms with van der Waals surface area (Å²) in [6.07, 6.45) is 0. The Kier molecular flexibility index (Phi) is 4.32. The normalized spacial score (nSPS) is 10.6. The molecule has 0 aliphatic heterocycles. The molecule has 0 unspecified atom stereocenters. The highest BCUT2D eigenvalue weighted by Crippen LogP contribution is 2.17. The maximum absolute atomic E-state index is 13.1. The van der Waals surface area contributed by atoms with Gasteiger partial charge in [-0.1, -0.05) is 17.7 Å². The Morgan fingerprint density at radius 3 is 2.76 bits per heavy atom. The Morgan fingerprint density at radius 1 is 1.43 bits per heavy atom. The summed E-state index contributed by atoms with van der Waals surface area (Å²) >= 11 is 5.69. The zero-order chi connectivity index (χ0) is 15.6. The summed E-state index contributed by atoms with van der Waals surface area (Å²) in [5.74, 6) is -0.461. The van der Waals surface area contributed by atoms with Gasteiger partial charge in [-0.25, -0.2) is 9.18 Å². The number of nitrogen functional groups attached to an aromatic ring is 1. The van der Waals surface area contributed by atoms with Crippen molar-refractivity contribution in [3.8, 4) is 0 Å². The Labute approximate surface area is 124 Å². The number of benzene rings is 1. The Bertz CT molecular complexity index is 785. The zero-order valence-corrected chi connectivity index (χ0v) is 12.0. The first-order valence-corrected chi connectivity index (χ1v) is 6.62. The average Bonchev–Trinajstić information content (AvgIpc) is 2.42. The van der Waals surface area contributed by atoms with E-state index in [1.165, 1.54) is 22.8 Å². The van der Waals surface area contributed by atoms with Gasteiger partial charge in [-0.2, -0.15) is 0 Å². The van der Waals surface area contributed by atoms with Gasteiger partial charge in [-0.3, -0.25) is 14.3 Å². The van der Waals surface area contributed by atoms with Crippen molar-refractivity contribution in [3.63, 3.8) is 0 Å². The lowest BCUT2D eigenvalue weighted by molar-refractivity contribution is 0.627. The lowest BCUT2D eigenvalue weighted by Crippen LogP contribution is -2.33. The van der Waals surface area contributed by atoms with Gasteiger partial charge in [0.2, 0.25) is 0 Å². The van der Waals surface area contributed by atoms with Gasteiger partial charge >= 0.3 is 5.69 Å². The lowest BCUT2D eigenvalue weighted by Gasteiger charge is -2.12. The highest BCUT2D eigenvalue weighted by Gasteiger charge is 2.11. The van der Waals surface area contributed by atoms with E-state index in [1.54, 1.807) is 6.92 Å². The van der Waals surface area contributed by atoms with E-state index in [4.69, 9.17) is 17.3 Å². The van der Waals surface area contributed by atoms with Crippen LogP contribution in [0.4, 0.5) is 15.9 Å². The van der Waals surface area contributed by atoms with E-state index in [2.05, 4.69) is 10.3 Å². The number of nitrogens with two attached hydrogens (primary N) is 1. The Morgan fingerprint density at radius 2 is 2.14 bits per heavy atom. The third-order valence-corrected chi connectivity index (χ3v) is 3.30. The third-order valence-electron chi connectivity index (χ3n) is 3.01. The summed E-state index contributed by atoms with van der Waals surface area (Å²) < 4.78 is 14.3. The van der Waals surface area contributed by atoms with Gasteiger partial charge in [0.1, 0.15) is 17.3 Å². The van der Waals surface area contributed by atoms with Gasteiger partial charge in [-0.15, -0.1) is 0 Å². The molecule has 2 rings (SSSR count). The summed E-state index contributed by atoms with van der Waals surface area (Å²) in [6, 6.07) is 4.22. The number of rotatable bonds is 4. The van der Waals surface area contributed by atoms with Gasteiger partial charge in [0, 0.05) is 13.1 Å². The van der Waals surface area contributed by atoms with Crippen LogP contribution in [0.25, 0.3) is 0 Å². The second-order valence-electron chi connectivity index (χ2n) is 4.37. The topological polar surface area (TPSA) is 92.9 Å². The first-order chi connectivity index (χ1) is 9.93. The van der Waals surface area contributed by atoms with Crippen molar-refractivity contribution < 1.29 is 4.39 Å². The quantitative estimate of drug-likeness (QED) is 0.798. The van der Waals surface area contributed by atoms with Crippen molar-refractivity contribution in [1.82, 2.24) is 9.55 Å². The number of aromatic nitrogens is 2. The fourth-order valence-electron chi connectivity index (χ4n) is 1.91. The van der Waals surface area contributed by atoms with E-state index in [9.17, 15) is 14.0 Å². The minimum absolute atomic E-state index is 0.00490. The first kappa shape index (κ1) is 15.1. The first-order valence-electron chi connectivity index (χ1n) is 6.24. The van der Waals surface area contributed by atoms with Gasteiger partial charge in [0.15, 0.2) is 0 Å². The molecule has 6 nitrogen and oxygen atoms in total. The van der Waals surface area contributed by atoms with E-state index in [-0.39, 0.29) is 23.1 Å². The van der Waals surface area contributed by atoms with E-state index >= 15 is 0 Å². The second-order valence-corrected chi connectivity index (χ2v) is 4.77. The van der Waals surface area contributed by atoms with Crippen molar-refractivity contribution >= 4 is 23.1 Å². The van der Waals surface area contributed by atoms with Crippen LogP contribution in [0.1, 0.15) is 12.5 Å². The molecular formula is C13H14ClFN4O2. The molecule has 0 atom stereocenters. The molecule has 2 aromatic rings. The largest absolute Gasteiger partial charge is 0.383 e. The number of hydrogen-bond donors (Lipinski definition) is 3. The van der Waals surface area contributed by atoms with Crippen molar-refractivity contribution in [3.05, 3.63) is 55.4 Å². The molecule has 4 N–H and O–H groups in total. The van der Waals surface area contributed by atoms with Crippen LogP contribution in [0.2, 0.25) is 5.02 Å². The molecule has 0 fully saturated rings. The van der Waals surface area contributed by atoms with E-state index in [0.29, 0.717) is 12.1 Å². The Hall–Kier alpha value is -2.28. The monoisotopic (exact) mass is 312 g/mol. The van der Waals surface area contributed by atoms with Crippen LogP contribution in [0, 0.1) is 5.82 Å². The number of hydrogen-bond acceptors (Lipinski definition) is 4. The van der Waals surface area contributed by atoms with Crippen LogP contribution in [0.5, 0.6) is 0 Å². The maximum atomic E-state index is 13.1. The number of anilines is 2. The lowest BCUT2D eigenvalue weighted by atomic mass is 10.2. The van der Waals surface area contributed by atoms with E-state index in [1.807, 2.05) is 0 Å². The third kappa shape index (κ3) is 3.08. The second kappa shape index (κ2) is 6.01. The van der Waals surface area contributed by atoms with Gasteiger partial charge in [0.25, 0.3) is 5.56 Å². The maximum Gasteiger partial charge on any atom is 0.330 e. The molecule has 1 aromatic heterocycles. The van der Waals surface area contributed by atoms with E-state index in [0.717, 1.165) is 0 Å². The highest BCUT2D eigenvalue weighted by atomic mass is 35.5. The molecule has 1 heterocycles. The summed E-state index contributed by atoms with van der Waals surface area (Å²) in [4.78, 5) is 25.5. The molecule has 1 aromatic carbocycles. The number of halogens is 2. The molecule has 0 saturated heterocycles. The predicted octanol–water partition coefficient (Wildman–Crippen LogP) is 1.54. The highest BCUT2D eigenvalue weighted by molar-refractivity contribution is 6.30. The average molecular weight is 313 g/mol. The standard InChI is InChI=1S/C13H14ClFN4O2/c1-2-19-11(16)10(12(20)18-13(19)21)17-6-7-3-4-9(15)8(14)5-7/h3-5,17H,2,6,16H2,1H3,(H,18,20,21). The van der Waals surface area contributed by atoms with Crippen molar-refractivity contribution in [2.75, 3.05) is 11.1 Å². The molecule has 112 valence electrons. The summed E-state index contributed by atoms with van der Waals surface area (Å²) in [6.45, 7) is 2.29. The minimum Gasteiger partial charge on any atom is -0.383 e. The Balaban J connectivity index is 2.30. The summed E-state index contributed by atoms with van der Waals surface area (Å²) in [5.41, 5.74) is 5.42. The predicted molar refractivity (Wildman–Crippen MR) is 80.1 cm³/mol. The van der Waals surface area contributed by atoms with Crippen molar-refractivity contribution in [2.24, 2.45) is 0 Å². The van der Waals surface area contributed by atoms with Crippen LogP contribution in [0.15, 0.2) is 27.8 Å². The fraction of sp³-hybridized carbons (Fsp3) is 0.231. The molecule has 21 heavy (non-hydrogen) atoms. The summed E-state index contributed by atoms with van der Waals surface area (Å²) in [5, 5.41) is 2.83. The van der Waals surface area contributed by atoms with Gasteiger partial charge in [-0.05, 0) is 24.6 Å². The van der Waals surface area contributed by atoms with Gasteiger partial charge in [0.05, 0.1) is 5.02 Å². The van der Waals surface area contributed by atoms with Crippen LogP contribution in [-0.2, 0) is 13.1 Å². The fourth-order valence-corrected chi connectivity index (χ4v) is 2.12. The summed E-state index contributed by atoms with van der Waals surface area (Å²) in [7, 11) is 0. The molecular weight excluding hydrogens is 299 g/mol. The number of nitrogens with one attached hydrogen (secondary N) is 2. The van der Waals surface area contributed by atoms with Crippen LogP contribution < -0.4 is 22.3 Å². The number of nitrogens with zero attached hydrogens (tertiary/aromatic N) is 1. The van der Waals surface area contributed by atoms with Crippen LogP contribution in [-0.4, -0.2) is 9.55 Å². The molecule has 0 spiro atoms. The van der Waals surface area contributed by atoms with Crippen LogP contribution in [0.3, 0.4) is 0 Å². The molecule has 0 radical (unpaired) electrons. The molecule has 0 aliphatic carbocycles. The van der Waals surface area contributed by atoms with Gasteiger partial charge < -0.3 is 11.1 Å². The van der Waals surface area contributed by atoms with Crippen LogP contribution >= 0.6 is 11.6 Å². The smallest absolute Gasteiger partial charge is 0.330 e. The molecule has 0 aliphatic rings. The number of H-pyrrole nitrogens is 1. The zero-order valence-electron chi connectivity index (χ0n) is 11.2. The molecule has 0 saturated carbocycles. The van der Waals surface area contributed by atoms with E-state index < -0.39 is 17.1 Å². The molecule has 8 heteroatoms. The molecule has 0 bridgehead atoms. The molecule has 0 amide bonds. The SMILES string of the molecule is CCn1c(N)c(NCc2ccc(F)c(Cl)c2)c(=O)[nH]c1=O. The minimum atomic E-state index is -0.601.